The van der Waals surface area contributed by atoms with Gasteiger partial charge in [0.15, 0.2) is 0 Å². The van der Waals surface area contributed by atoms with Gasteiger partial charge in [-0.25, -0.2) is 0 Å². The third-order valence-corrected chi connectivity index (χ3v) is 3.21. The molecular weight excluding hydrogens is 232 g/mol. The van der Waals surface area contributed by atoms with Crippen LogP contribution in [0.2, 0.25) is 0 Å². The molecule has 0 radical (unpaired) electrons. The number of aromatic nitrogens is 1. The summed E-state index contributed by atoms with van der Waals surface area (Å²) in [5.74, 6) is 0.899. The van der Waals surface area contributed by atoms with Gasteiger partial charge in [0.05, 0.1) is 12.6 Å². The van der Waals surface area contributed by atoms with Crippen molar-refractivity contribution in [3.05, 3.63) is 17.5 Å². The van der Waals surface area contributed by atoms with E-state index in [0.29, 0.717) is 13.0 Å². The SMILES string of the molecule is Cc1cc(CN(C)C(=O)CC[C@@H]2CCCO2)no1. The Hall–Kier alpha value is -1.36. The molecule has 0 bridgehead atoms. The van der Waals surface area contributed by atoms with Gasteiger partial charge in [-0.15, -0.1) is 0 Å². The Morgan fingerprint density at radius 2 is 2.44 bits per heavy atom. The Morgan fingerprint density at radius 1 is 1.61 bits per heavy atom. The van der Waals surface area contributed by atoms with E-state index in [2.05, 4.69) is 5.16 Å². The predicted octanol–water partition coefficient (Wildman–Crippen LogP) is 1.90. The molecule has 2 heterocycles. The third-order valence-electron chi connectivity index (χ3n) is 3.21. The average molecular weight is 252 g/mol. The Morgan fingerprint density at radius 3 is 3.06 bits per heavy atom. The molecule has 1 fully saturated rings. The number of carbonyl (C=O) groups is 1. The molecule has 1 atom stereocenters. The molecule has 5 heteroatoms. The van der Waals surface area contributed by atoms with Crippen molar-refractivity contribution in [2.75, 3.05) is 13.7 Å². The van der Waals surface area contributed by atoms with Crippen molar-refractivity contribution in [3.8, 4) is 0 Å². The Labute approximate surface area is 107 Å². The number of rotatable bonds is 5. The molecule has 0 unspecified atom stereocenters. The monoisotopic (exact) mass is 252 g/mol. The number of amides is 1. The number of ether oxygens (including phenoxy) is 1. The van der Waals surface area contributed by atoms with E-state index in [0.717, 1.165) is 37.3 Å². The second-order valence-corrected chi connectivity index (χ2v) is 4.85. The summed E-state index contributed by atoms with van der Waals surface area (Å²) in [6.07, 6.45) is 3.84. The molecule has 1 saturated heterocycles. The maximum Gasteiger partial charge on any atom is 0.222 e. The second kappa shape index (κ2) is 6.00. The van der Waals surface area contributed by atoms with Crippen molar-refractivity contribution >= 4 is 5.91 Å². The summed E-state index contributed by atoms with van der Waals surface area (Å²) in [4.78, 5) is 13.6. The fourth-order valence-electron chi connectivity index (χ4n) is 2.17. The lowest BCUT2D eigenvalue weighted by Gasteiger charge is -2.16. The first kappa shape index (κ1) is 13.1. The van der Waals surface area contributed by atoms with E-state index in [9.17, 15) is 4.79 Å². The van der Waals surface area contributed by atoms with Crippen molar-refractivity contribution in [2.45, 2.75) is 45.3 Å². The van der Waals surface area contributed by atoms with Gasteiger partial charge in [-0.1, -0.05) is 5.16 Å². The summed E-state index contributed by atoms with van der Waals surface area (Å²) in [5, 5.41) is 3.88. The van der Waals surface area contributed by atoms with E-state index in [1.54, 1.807) is 11.9 Å². The van der Waals surface area contributed by atoms with Gasteiger partial charge < -0.3 is 14.2 Å². The fraction of sp³-hybridized carbons (Fsp3) is 0.692. The van der Waals surface area contributed by atoms with E-state index < -0.39 is 0 Å². The van der Waals surface area contributed by atoms with E-state index in [-0.39, 0.29) is 12.0 Å². The third kappa shape index (κ3) is 3.57. The summed E-state index contributed by atoms with van der Waals surface area (Å²) in [7, 11) is 1.79. The van der Waals surface area contributed by atoms with E-state index >= 15 is 0 Å². The summed E-state index contributed by atoms with van der Waals surface area (Å²) in [5.41, 5.74) is 0.792. The van der Waals surface area contributed by atoms with E-state index in [4.69, 9.17) is 9.26 Å². The van der Waals surface area contributed by atoms with Crippen LogP contribution in [-0.4, -0.2) is 35.7 Å². The summed E-state index contributed by atoms with van der Waals surface area (Å²) < 4.78 is 10.5. The van der Waals surface area contributed by atoms with E-state index in [1.807, 2.05) is 13.0 Å². The van der Waals surface area contributed by atoms with Crippen LogP contribution in [0.3, 0.4) is 0 Å². The van der Waals surface area contributed by atoms with Gasteiger partial charge in [0.1, 0.15) is 11.5 Å². The molecule has 5 nitrogen and oxygen atoms in total. The number of hydrogen-bond acceptors (Lipinski definition) is 4. The molecular formula is C13H20N2O3. The van der Waals surface area contributed by atoms with Gasteiger partial charge in [-0.3, -0.25) is 4.79 Å². The maximum absolute atomic E-state index is 11.9. The number of carbonyl (C=O) groups excluding carboxylic acids is 1. The highest BCUT2D eigenvalue weighted by Gasteiger charge is 2.18. The van der Waals surface area contributed by atoms with Gasteiger partial charge >= 0.3 is 0 Å². The lowest BCUT2D eigenvalue weighted by molar-refractivity contribution is -0.131. The van der Waals surface area contributed by atoms with Crippen LogP contribution in [-0.2, 0) is 16.1 Å². The highest BCUT2D eigenvalue weighted by atomic mass is 16.5. The summed E-state index contributed by atoms with van der Waals surface area (Å²) in [6.45, 7) is 3.18. The quantitative estimate of drug-likeness (QED) is 0.803. The van der Waals surface area contributed by atoms with Gasteiger partial charge in [0, 0.05) is 26.1 Å². The minimum atomic E-state index is 0.131. The Bertz CT molecular complexity index is 397. The number of hydrogen-bond donors (Lipinski definition) is 0. The molecule has 1 aliphatic heterocycles. The smallest absolute Gasteiger partial charge is 0.222 e. The van der Waals surface area contributed by atoms with Crippen LogP contribution >= 0.6 is 0 Å². The summed E-state index contributed by atoms with van der Waals surface area (Å²) >= 11 is 0. The first-order chi connectivity index (χ1) is 8.65. The lowest BCUT2D eigenvalue weighted by Crippen LogP contribution is -2.27. The minimum Gasteiger partial charge on any atom is -0.378 e. The van der Waals surface area contributed by atoms with Crippen molar-refractivity contribution in [2.24, 2.45) is 0 Å². The summed E-state index contributed by atoms with van der Waals surface area (Å²) in [6, 6.07) is 1.85. The molecule has 1 aromatic heterocycles. The largest absolute Gasteiger partial charge is 0.378 e. The van der Waals surface area contributed by atoms with Crippen molar-refractivity contribution < 1.29 is 14.1 Å². The zero-order valence-corrected chi connectivity index (χ0v) is 11.0. The molecule has 0 N–H and O–H groups in total. The van der Waals surface area contributed by atoms with Crippen LogP contribution in [0.1, 0.15) is 37.1 Å². The molecule has 0 saturated carbocycles. The lowest BCUT2D eigenvalue weighted by atomic mass is 10.1. The van der Waals surface area contributed by atoms with Gasteiger partial charge in [-0.05, 0) is 26.2 Å². The molecule has 0 aliphatic carbocycles. The highest BCUT2D eigenvalue weighted by molar-refractivity contribution is 5.75. The normalized spacial score (nSPS) is 19.1. The van der Waals surface area contributed by atoms with Crippen LogP contribution in [0, 0.1) is 6.92 Å². The van der Waals surface area contributed by atoms with Gasteiger partial charge in [0.25, 0.3) is 0 Å². The second-order valence-electron chi connectivity index (χ2n) is 4.85. The van der Waals surface area contributed by atoms with Crippen LogP contribution < -0.4 is 0 Å². The van der Waals surface area contributed by atoms with Crippen LogP contribution in [0.4, 0.5) is 0 Å². The highest BCUT2D eigenvalue weighted by Crippen LogP contribution is 2.17. The standard InChI is InChI=1S/C13H20N2O3/c1-10-8-11(14-18-10)9-15(2)13(16)6-5-12-4-3-7-17-12/h8,12H,3-7,9H2,1-2H3/t12-/m0/s1. The molecule has 0 spiro atoms. The van der Waals surface area contributed by atoms with Crippen LogP contribution in [0.15, 0.2) is 10.6 Å². The Balaban J connectivity index is 1.74. The average Bonchev–Trinajstić information content (AvgIpc) is 2.97. The zero-order valence-electron chi connectivity index (χ0n) is 11.0. The molecule has 1 aliphatic rings. The predicted molar refractivity (Wildman–Crippen MR) is 65.9 cm³/mol. The minimum absolute atomic E-state index is 0.131. The molecule has 18 heavy (non-hydrogen) atoms. The molecule has 0 aromatic carbocycles. The van der Waals surface area contributed by atoms with Crippen molar-refractivity contribution in [1.82, 2.24) is 10.1 Å². The van der Waals surface area contributed by atoms with Gasteiger partial charge in [-0.2, -0.15) is 0 Å². The molecule has 2 rings (SSSR count). The fourth-order valence-corrected chi connectivity index (χ4v) is 2.17. The molecule has 100 valence electrons. The van der Waals surface area contributed by atoms with Gasteiger partial charge in [0.2, 0.25) is 5.91 Å². The Kier molecular flexibility index (Phi) is 4.36. The zero-order chi connectivity index (χ0) is 13.0. The number of nitrogens with zero attached hydrogens (tertiary/aromatic N) is 2. The van der Waals surface area contributed by atoms with Crippen molar-refractivity contribution in [1.29, 1.82) is 0 Å². The van der Waals surface area contributed by atoms with E-state index in [1.165, 1.54) is 0 Å². The number of aryl methyl sites for hydroxylation is 1. The molecule has 1 aromatic rings. The first-order valence-corrected chi connectivity index (χ1v) is 6.43. The first-order valence-electron chi connectivity index (χ1n) is 6.43. The van der Waals surface area contributed by atoms with Crippen LogP contribution in [0.5, 0.6) is 0 Å². The van der Waals surface area contributed by atoms with Crippen LogP contribution in [0.25, 0.3) is 0 Å². The molecule has 1 amide bonds. The topological polar surface area (TPSA) is 55.6 Å². The van der Waals surface area contributed by atoms with Crippen molar-refractivity contribution in [3.63, 3.8) is 0 Å². The maximum atomic E-state index is 11.9.